The molecule has 5 heteroatoms. The summed E-state index contributed by atoms with van der Waals surface area (Å²) >= 11 is 0. The smallest absolute Gasteiger partial charge is 0.245 e. The quantitative estimate of drug-likeness (QED) is 0.842. The summed E-state index contributed by atoms with van der Waals surface area (Å²) in [6, 6.07) is 7.07. The van der Waals surface area contributed by atoms with Crippen molar-refractivity contribution in [2.45, 2.75) is 56.2 Å². The van der Waals surface area contributed by atoms with Crippen LogP contribution in [-0.2, 0) is 14.8 Å². The number of sulfonamides is 1. The van der Waals surface area contributed by atoms with Gasteiger partial charge >= 0.3 is 0 Å². The summed E-state index contributed by atoms with van der Waals surface area (Å²) in [5, 5.41) is 0. The Morgan fingerprint density at radius 1 is 1.25 bits per heavy atom. The molecule has 0 amide bonds. The maximum Gasteiger partial charge on any atom is 0.245 e. The monoisotopic (exact) mass is 295 g/mol. The van der Waals surface area contributed by atoms with Crippen LogP contribution in [0.25, 0.3) is 0 Å². The molecule has 2 fully saturated rings. The lowest BCUT2D eigenvalue weighted by Crippen LogP contribution is -2.49. The van der Waals surface area contributed by atoms with Crippen molar-refractivity contribution >= 4 is 10.0 Å². The predicted molar refractivity (Wildman–Crippen MR) is 76.8 cm³/mol. The first-order valence-corrected chi connectivity index (χ1v) is 8.65. The molecular formula is C15H21NO3S. The van der Waals surface area contributed by atoms with Crippen LogP contribution < -0.4 is 0 Å². The van der Waals surface area contributed by atoms with Gasteiger partial charge in [0.1, 0.15) is 5.72 Å². The Bertz CT molecular complexity index is 588. The third-order valence-corrected chi connectivity index (χ3v) is 6.49. The molecule has 4 nitrogen and oxygen atoms in total. The molecule has 3 rings (SSSR count). The van der Waals surface area contributed by atoms with Gasteiger partial charge in [-0.2, -0.15) is 4.31 Å². The van der Waals surface area contributed by atoms with Crippen LogP contribution in [0.15, 0.2) is 29.2 Å². The molecular weight excluding hydrogens is 274 g/mol. The number of ether oxygens (including phenoxy) is 1. The highest BCUT2D eigenvalue weighted by molar-refractivity contribution is 7.89. The molecule has 0 aromatic heterocycles. The van der Waals surface area contributed by atoms with E-state index in [1.165, 1.54) is 0 Å². The minimum Gasteiger partial charge on any atom is -0.359 e. The summed E-state index contributed by atoms with van der Waals surface area (Å²) in [6.07, 6.45) is 3.42. The lowest BCUT2D eigenvalue weighted by molar-refractivity contribution is -0.0650. The molecule has 1 aromatic rings. The zero-order chi connectivity index (χ0) is 14.4. The van der Waals surface area contributed by atoms with Gasteiger partial charge in [-0.1, -0.05) is 17.7 Å². The van der Waals surface area contributed by atoms with Crippen molar-refractivity contribution in [2.24, 2.45) is 0 Å². The van der Waals surface area contributed by atoms with E-state index in [9.17, 15) is 8.42 Å². The second-order valence-electron chi connectivity index (χ2n) is 5.90. The molecule has 0 N–H and O–H groups in total. The van der Waals surface area contributed by atoms with Gasteiger partial charge in [0, 0.05) is 12.6 Å². The molecule has 2 aliphatic heterocycles. The number of hydrogen-bond acceptors (Lipinski definition) is 3. The van der Waals surface area contributed by atoms with Crippen LogP contribution in [0, 0.1) is 6.92 Å². The Balaban J connectivity index is 2.03. The Hall–Kier alpha value is -0.910. The average Bonchev–Trinajstić information content (AvgIpc) is 2.99. The van der Waals surface area contributed by atoms with Crippen molar-refractivity contribution < 1.29 is 13.2 Å². The van der Waals surface area contributed by atoms with Crippen LogP contribution in [-0.4, -0.2) is 31.1 Å². The van der Waals surface area contributed by atoms with Gasteiger partial charge in [-0.25, -0.2) is 8.42 Å². The van der Waals surface area contributed by atoms with Crippen molar-refractivity contribution in [3.63, 3.8) is 0 Å². The summed E-state index contributed by atoms with van der Waals surface area (Å²) in [5.41, 5.74) is 0.466. The third-order valence-electron chi connectivity index (χ3n) is 4.42. The maximum atomic E-state index is 13.0. The second kappa shape index (κ2) is 4.83. The summed E-state index contributed by atoms with van der Waals surface area (Å²) in [5.74, 6) is 0. The van der Waals surface area contributed by atoms with E-state index in [4.69, 9.17) is 4.74 Å². The van der Waals surface area contributed by atoms with E-state index in [0.717, 1.165) is 31.2 Å². The fourth-order valence-electron chi connectivity index (χ4n) is 3.40. The molecule has 2 saturated heterocycles. The topological polar surface area (TPSA) is 46.6 Å². The van der Waals surface area contributed by atoms with Crippen LogP contribution in [0.1, 0.15) is 38.2 Å². The molecule has 1 spiro atoms. The summed E-state index contributed by atoms with van der Waals surface area (Å²) in [6.45, 7) is 4.59. The largest absolute Gasteiger partial charge is 0.359 e. The minimum atomic E-state index is -3.49. The molecule has 0 aliphatic carbocycles. The van der Waals surface area contributed by atoms with Crippen LogP contribution in [0.3, 0.4) is 0 Å². The number of aryl methyl sites for hydroxylation is 1. The predicted octanol–water partition coefficient (Wildman–Crippen LogP) is 2.67. The Kier molecular flexibility index (Phi) is 3.39. The highest BCUT2D eigenvalue weighted by atomic mass is 32.2. The van der Waals surface area contributed by atoms with E-state index < -0.39 is 15.7 Å². The zero-order valence-corrected chi connectivity index (χ0v) is 12.8. The van der Waals surface area contributed by atoms with Crippen molar-refractivity contribution in [2.75, 3.05) is 6.61 Å². The van der Waals surface area contributed by atoms with Gasteiger partial charge in [-0.15, -0.1) is 0 Å². The Morgan fingerprint density at radius 3 is 2.55 bits per heavy atom. The third kappa shape index (κ3) is 2.08. The molecule has 0 radical (unpaired) electrons. The van der Waals surface area contributed by atoms with E-state index in [2.05, 4.69) is 0 Å². The van der Waals surface area contributed by atoms with Gasteiger partial charge in [-0.3, -0.25) is 0 Å². The van der Waals surface area contributed by atoms with Gasteiger partial charge in [0.25, 0.3) is 0 Å². The average molecular weight is 295 g/mol. The molecule has 110 valence electrons. The van der Waals surface area contributed by atoms with Crippen molar-refractivity contribution in [3.8, 4) is 0 Å². The van der Waals surface area contributed by atoms with Crippen LogP contribution in [0.4, 0.5) is 0 Å². The first kappa shape index (κ1) is 14.0. The molecule has 0 unspecified atom stereocenters. The van der Waals surface area contributed by atoms with Crippen LogP contribution >= 0.6 is 0 Å². The highest BCUT2D eigenvalue weighted by Gasteiger charge is 2.53. The molecule has 20 heavy (non-hydrogen) atoms. The van der Waals surface area contributed by atoms with E-state index in [1.807, 2.05) is 26.0 Å². The Labute approximate surface area is 120 Å². The summed E-state index contributed by atoms with van der Waals surface area (Å²) in [7, 11) is -3.49. The molecule has 0 saturated carbocycles. The Morgan fingerprint density at radius 2 is 1.95 bits per heavy atom. The van der Waals surface area contributed by atoms with E-state index in [0.29, 0.717) is 11.5 Å². The normalized spacial score (nSPS) is 31.2. The second-order valence-corrected chi connectivity index (χ2v) is 7.71. The minimum absolute atomic E-state index is 0.000553. The molecule has 1 aromatic carbocycles. The lowest BCUT2D eigenvalue weighted by Gasteiger charge is -2.35. The number of rotatable bonds is 2. The first-order chi connectivity index (χ1) is 9.46. The van der Waals surface area contributed by atoms with Crippen molar-refractivity contribution in [1.29, 1.82) is 0 Å². The number of nitrogens with zero attached hydrogens (tertiary/aromatic N) is 1. The molecule has 2 aliphatic rings. The standard InChI is InChI=1S/C15H21NO3S/c1-12-4-6-14(7-5-12)20(17,18)16-13(2)8-10-15(16)9-3-11-19-15/h4-7,13H,3,8-11H2,1-2H3/t13-,15-/m1/s1. The number of benzene rings is 1. The van der Waals surface area contributed by atoms with Gasteiger partial charge in [0.05, 0.1) is 4.90 Å². The van der Waals surface area contributed by atoms with E-state index >= 15 is 0 Å². The van der Waals surface area contributed by atoms with Crippen molar-refractivity contribution in [1.82, 2.24) is 4.31 Å². The van der Waals surface area contributed by atoms with Gasteiger partial charge in [0.2, 0.25) is 10.0 Å². The van der Waals surface area contributed by atoms with E-state index in [-0.39, 0.29) is 6.04 Å². The SMILES string of the molecule is Cc1ccc(S(=O)(=O)N2[C@H](C)CC[C@]23CCCO3)cc1. The van der Waals surface area contributed by atoms with Gasteiger partial charge < -0.3 is 4.74 Å². The zero-order valence-electron chi connectivity index (χ0n) is 12.0. The summed E-state index contributed by atoms with van der Waals surface area (Å²) < 4.78 is 33.4. The van der Waals surface area contributed by atoms with Crippen molar-refractivity contribution in [3.05, 3.63) is 29.8 Å². The fraction of sp³-hybridized carbons (Fsp3) is 0.600. The highest BCUT2D eigenvalue weighted by Crippen LogP contribution is 2.45. The van der Waals surface area contributed by atoms with Gasteiger partial charge in [-0.05, 0) is 51.7 Å². The molecule has 2 heterocycles. The van der Waals surface area contributed by atoms with Crippen LogP contribution in [0.5, 0.6) is 0 Å². The van der Waals surface area contributed by atoms with Crippen LogP contribution in [0.2, 0.25) is 0 Å². The summed E-state index contributed by atoms with van der Waals surface area (Å²) in [4.78, 5) is 0.367. The van der Waals surface area contributed by atoms with E-state index in [1.54, 1.807) is 16.4 Å². The number of hydrogen-bond donors (Lipinski definition) is 0. The van der Waals surface area contributed by atoms with Gasteiger partial charge in [0.15, 0.2) is 0 Å². The fourth-order valence-corrected chi connectivity index (χ4v) is 5.36. The molecule has 2 atom stereocenters. The molecule has 0 bridgehead atoms. The lowest BCUT2D eigenvalue weighted by atomic mass is 10.1. The first-order valence-electron chi connectivity index (χ1n) is 7.21. The maximum absolute atomic E-state index is 13.0.